The highest BCUT2D eigenvalue weighted by atomic mass is 35.5. The van der Waals surface area contributed by atoms with Crippen LogP contribution < -0.4 is 15.8 Å². The fraction of sp³-hybridized carbons (Fsp3) is 0.154. The highest BCUT2D eigenvalue weighted by Crippen LogP contribution is 2.18. The molecule has 8 heteroatoms. The summed E-state index contributed by atoms with van der Waals surface area (Å²) in [6, 6.07) is 7.33. The van der Waals surface area contributed by atoms with Gasteiger partial charge < -0.3 is 10.5 Å². The van der Waals surface area contributed by atoms with Crippen molar-refractivity contribution in [3.63, 3.8) is 0 Å². The Morgan fingerprint density at radius 3 is 2.81 bits per heavy atom. The Morgan fingerprint density at radius 2 is 2.19 bits per heavy atom. The lowest BCUT2D eigenvalue weighted by atomic mass is 10.2. The highest BCUT2D eigenvalue weighted by Gasteiger charge is 2.15. The number of nitrogens with zero attached hydrogens (tertiary/aromatic N) is 2. The lowest BCUT2D eigenvalue weighted by Gasteiger charge is -2.07. The number of benzene rings is 1. The Morgan fingerprint density at radius 1 is 1.48 bits per heavy atom. The maximum absolute atomic E-state index is 11.8. The van der Waals surface area contributed by atoms with Crippen LogP contribution in [0.2, 0.25) is 0 Å². The Labute approximate surface area is 128 Å². The van der Waals surface area contributed by atoms with Crippen LogP contribution in [0.3, 0.4) is 0 Å². The molecule has 2 rings (SSSR count). The van der Waals surface area contributed by atoms with Crippen LogP contribution in [0.25, 0.3) is 5.69 Å². The van der Waals surface area contributed by atoms with Crippen molar-refractivity contribution in [2.24, 2.45) is 5.73 Å². The predicted octanol–water partition coefficient (Wildman–Crippen LogP) is 1.23. The molecule has 4 N–H and O–H groups in total. The lowest BCUT2D eigenvalue weighted by Crippen LogP contribution is -2.35. The normalized spacial score (nSPS) is 9.62. The predicted molar refractivity (Wildman–Crippen MR) is 81.5 cm³/mol. The molecule has 0 aliphatic carbocycles. The summed E-state index contributed by atoms with van der Waals surface area (Å²) in [5.74, 6) is -0.153. The van der Waals surface area contributed by atoms with Crippen LogP contribution in [-0.2, 0) is 0 Å². The molecule has 1 aromatic carbocycles. The second-order valence-corrected chi connectivity index (χ2v) is 4.12. The van der Waals surface area contributed by atoms with E-state index in [1.807, 2.05) is 24.3 Å². The molecule has 0 bridgehead atoms. The summed E-state index contributed by atoms with van der Waals surface area (Å²) >= 11 is 0. The smallest absolute Gasteiger partial charge is 0.261 e. The van der Waals surface area contributed by atoms with Crippen LogP contribution in [0.1, 0.15) is 16.1 Å². The molecule has 0 fully saturated rings. The van der Waals surface area contributed by atoms with Crippen LogP contribution in [0.15, 0.2) is 30.5 Å². The summed E-state index contributed by atoms with van der Waals surface area (Å²) in [6.45, 7) is 1.77. The Balaban J connectivity index is 0.00000220. The molecule has 0 aliphatic heterocycles. The number of hydrogen-bond donors (Lipinski definition) is 3. The summed E-state index contributed by atoms with van der Waals surface area (Å²) in [6.07, 6.45) is 1.44. The summed E-state index contributed by atoms with van der Waals surface area (Å²) in [4.78, 5) is 11.8. The van der Waals surface area contributed by atoms with Crippen molar-refractivity contribution in [3.8, 4) is 11.4 Å². The number of guanidine groups is 1. The summed E-state index contributed by atoms with van der Waals surface area (Å²) in [7, 11) is 1.58. The summed E-state index contributed by atoms with van der Waals surface area (Å²) < 4.78 is 6.78. The second-order valence-electron chi connectivity index (χ2n) is 4.12. The first kappa shape index (κ1) is 16.5. The van der Waals surface area contributed by atoms with Gasteiger partial charge in [0.2, 0.25) is 0 Å². The van der Waals surface area contributed by atoms with E-state index in [1.165, 1.54) is 6.20 Å². The standard InChI is InChI=1S/C13H15N5O2.ClH/c1-8-11(12(19)17-13(14)15)7-16-18(8)9-4-3-5-10(6-9)20-2;/h3-7H,1-2H3,(H4,14,15,17,19);1H. The molecule has 112 valence electrons. The average Bonchev–Trinajstić information content (AvgIpc) is 2.80. The number of amides is 1. The molecular formula is C13H16ClN5O2. The molecule has 0 saturated heterocycles. The molecule has 7 nitrogen and oxygen atoms in total. The van der Waals surface area contributed by atoms with Crippen molar-refractivity contribution in [1.82, 2.24) is 15.1 Å². The third kappa shape index (κ3) is 3.51. The summed E-state index contributed by atoms with van der Waals surface area (Å²) in [5.41, 5.74) is 6.94. The van der Waals surface area contributed by atoms with Crippen molar-refractivity contribution in [2.45, 2.75) is 6.92 Å². The number of nitrogens with one attached hydrogen (secondary N) is 2. The second kappa shape index (κ2) is 6.76. The van der Waals surface area contributed by atoms with Crippen molar-refractivity contribution < 1.29 is 9.53 Å². The van der Waals surface area contributed by atoms with Gasteiger partial charge >= 0.3 is 0 Å². The van der Waals surface area contributed by atoms with Crippen molar-refractivity contribution in [1.29, 1.82) is 5.41 Å². The van der Waals surface area contributed by atoms with Gasteiger partial charge in [0.1, 0.15) is 5.75 Å². The molecule has 0 saturated carbocycles. The van der Waals surface area contributed by atoms with Crippen LogP contribution in [-0.4, -0.2) is 28.8 Å². The number of carbonyl (C=O) groups excluding carboxylic acids is 1. The topological polar surface area (TPSA) is 106 Å². The van der Waals surface area contributed by atoms with Crippen LogP contribution in [0, 0.1) is 12.3 Å². The number of rotatable bonds is 3. The summed E-state index contributed by atoms with van der Waals surface area (Å²) in [5, 5.41) is 13.5. The lowest BCUT2D eigenvalue weighted by molar-refractivity contribution is 0.0976. The third-order valence-corrected chi connectivity index (χ3v) is 2.80. The molecule has 0 unspecified atom stereocenters. The fourth-order valence-corrected chi connectivity index (χ4v) is 1.82. The van der Waals surface area contributed by atoms with E-state index >= 15 is 0 Å². The van der Waals surface area contributed by atoms with E-state index in [9.17, 15) is 4.79 Å². The number of ether oxygens (including phenoxy) is 1. The SMILES string of the molecule is COc1cccc(-n2ncc(C(=O)NC(=N)N)c2C)c1.Cl. The van der Waals surface area contributed by atoms with E-state index in [2.05, 4.69) is 10.4 Å². The van der Waals surface area contributed by atoms with Gasteiger partial charge in [-0.05, 0) is 19.1 Å². The quantitative estimate of drug-likeness (QED) is 0.585. The molecule has 1 aromatic heterocycles. The minimum atomic E-state index is -0.454. The zero-order chi connectivity index (χ0) is 14.7. The number of hydrogen-bond acceptors (Lipinski definition) is 4. The number of aromatic nitrogens is 2. The van der Waals surface area contributed by atoms with Gasteiger partial charge in [0.25, 0.3) is 5.91 Å². The van der Waals surface area contributed by atoms with Gasteiger partial charge in [-0.2, -0.15) is 5.10 Å². The Bertz CT molecular complexity index is 668. The first-order chi connectivity index (χ1) is 9.52. The maximum atomic E-state index is 11.8. The van der Waals surface area contributed by atoms with Crippen LogP contribution in [0.5, 0.6) is 5.75 Å². The van der Waals surface area contributed by atoms with Gasteiger partial charge in [0.15, 0.2) is 5.96 Å². The van der Waals surface area contributed by atoms with Gasteiger partial charge in [0.05, 0.1) is 30.3 Å². The highest BCUT2D eigenvalue weighted by molar-refractivity contribution is 6.04. The fourth-order valence-electron chi connectivity index (χ4n) is 1.82. The molecule has 0 radical (unpaired) electrons. The first-order valence-electron chi connectivity index (χ1n) is 5.87. The van der Waals surface area contributed by atoms with Gasteiger partial charge in [-0.25, -0.2) is 4.68 Å². The van der Waals surface area contributed by atoms with Crippen molar-refractivity contribution in [3.05, 3.63) is 41.7 Å². The molecule has 2 aromatic rings. The molecule has 1 heterocycles. The number of halogens is 1. The van der Waals surface area contributed by atoms with Gasteiger partial charge in [-0.3, -0.25) is 15.5 Å². The van der Waals surface area contributed by atoms with E-state index in [1.54, 1.807) is 18.7 Å². The number of nitrogens with two attached hydrogens (primary N) is 1. The van der Waals surface area contributed by atoms with E-state index in [4.69, 9.17) is 15.9 Å². The first-order valence-corrected chi connectivity index (χ1v) is 5.87. The van der Waals surface area contributed by atoms with Gasteiger partial charge in [0, 0.05) is 6.07 Å². The van der Waals surface area contributed by atoms with Gasteiger partial charge in [-0.1, -0.05) is 6.07 Å². The van der Waals surface area contributed by atoms with Crippen molar-refractivity contribution in [2.75, 3.05) is 7.11 Å². The Kier molecular flexibility index (Phi) is 5.31. The van der Waals surface area contributed by atoms with Crippen LogP contribution in [0.4, 0.5) is 0 Å². The van der Waals surface area contributed by atoms with E-state index in [-0.39, 0.29) is 12.4 Å². The molecule has 0 aliphatic rings. The largest absolute Gasteiger partial charge is 0.497 e. The van der Waals surface area contributed by atoms with E-state index in [0.717, 1.165) is 5.69 Å². The minimum Gasteiger partial charge on any atom is -0.497 e. The molecule has 21 heavy (non-hydrogen) atoms. The number of carbonyl (C=O) groups is 1. The molecule has 0 spiro atoms. The zero-order valence-electron chi connectivity index (χ0n) is 11.6. The Hall–Kier alpha value is -2.54. The van der Waals surface area contributed by atoms with E-state index < -0.39 is 11.9 Å². The molecule has 0 atom stereocenters. The average molecular weight is 310 g/mol. The van der Waals surface area contributed by atoms with Gasteiger partial charge in [-0.15, -0.1) is 12.4 Å². The van der Waals surface area contributed by atoms with Crippen molar-refractivity contribution >= 4 is 24.3 Å². The maximum Gasteiger partial charge on any atom is 0.261 e. The number of methoxy groups -OCH3 is 1. The third-order valence-electron chi connectivity index (χ3n) is 2.80. The van der Waals surface area contributed by atoms with E-state index in [0.29, 0.717) is 17.0 Å². The molecular weight excluding hydrogens is 294 g/mol. The monoisotopic (exact) mass is 309 g/mol. The molecule has 1 amide bonds. The van der Waals surface area contributed by atoms with Crippen LogP contribution >= 0.6 is 12.4 Å². The minimum absolute atomic E-state index is 0. The zero-order valence-corrected chi connectivity index (χ0v) is 12.4.